The zero-order valence-corrected chi connectivity index (χ0v) is 16.3. The number of rotatable bonds is 6. The van der Waals surface area contributed by atoms with Gasteiger partial charge >= 0.3 is 0 Å². The lowest BCUT2D eigenvalue weighted by Crippen LogP contribution is -2.42. The minimum absolute atomic E-state index is 0.0824. The van der Waals surface area contributed by atoms with Crippen LogP contribution in [0.2, 0.25) is 0 Å². The van der Waals surface area contributed by atoms with Gasteiger partial charge < -0.3 is 15.0 Å². The maximum atomic E-state index is 13.6. The van der Waals surface area contributed by atoms with Gasteiger partial charge in [0.15, 0.2) is 0 Å². The second kappa shape index (κ2) is 8.64. The fourth-order valence-electron chi connectivity index (χ4n) is 3.58. The van der Waals surface area contributed by atoms with Crippen LogP contribution >= 0.6 is 0 Å². The van der Waals surface area contributed by atoms with Crippen molar-refractivity contribution in [3.63, 3.8) is 0 Å². The summed E-state index contributed by atoms with van der Waals surface area (Å²) in [6.07, 6.45) is 3.80. The summed E-state index contributed by atoms with van der Waals surface area (Å²) in [7, 11) is 0. The number of nitrogens with zero attached hydrogens (tertiary/aromatic N) is 1. The molecular weight excluding hydrogens is 371 g/mol. The Hall–Kier alpha value is -2.89. The molecule has 0 atom stereocenters. The zero-order valence-electron chi connectivity index (χ0n) is 16.3. The van der Waals surface area contributed by atoms with Crippen LogP contribution in [0, 0.1) is 11.7 Å². The molecule has 2 fully saturated rings. The number of amides is 2. The third-order valence-corrected chi connectivity index (χ3v) is 5.50. The predicted octanol–water partition coefficient (Wildman–Crippen LogP) is 3.54. The maximum absolute atomic E-state index is 13.6. The van der Waals surface area contributed by atoms with Crippen molar-refractivity contribution >= 4 is 11.8 Å². The SMILES string of the molecule is O=C(NCc1ccccc1F)c1ccc(OC2CCN(C(=O)C3CC3)CC2)cc1. The molecule has 0 bridgehead atoms. The third kappa shape index (κ3) is 4.94. The van der Waals surface area contributed by atoms with E-state index in [0.29, 0.717) is 22.8 Å². The number of nitrogens with one attached hydrogen (secondary N) is 1. The quantitative estimate of drug-likeness (QED) is 0.813. The van der Waals surface area contributed by atoms with Crippen molar-refractivity contribution in [2.45, 2.75) is 38.3 Å². The fourth-order valence-corrected chi connectivity index (χ4v) is 3.58. The average Bonchev–Trinajstić information content (AvgIpc) is 3.59. The van der Waals surface area contributed by atoms with Gasteiger partial charge in [0.05, 0.1) is 0 Å². The van der Waals surface area contributed by atoms with Crippen molar-refractivity contribution in [2.24, 2.45) is 5.92 Å². The van der Waals surface area contributed by atoms with Crippen molar-refractivity contribution in [1.82, 2.24) is 10.2 Å². The Labute approximate surface area is 169 Å². The lowest BCUT2D eigenvalue weighted by molar-refractivity contribution is -0.134. The molecule has 2 aliphatic rings. The zero-order chi connectivity index (χ0) is 20.2. The monoisotopic (exact) mass is 396 g/mol. The summed E-state index contributed by atoms with van der Waals surface area (Å²) in [5, 5.41) is 2.73. The maximum Gasteiger partial charge on any atom is 0.251 e. The molecule has 1 heterocycles. The van der Waals surface area contributed by atoms with Gasteiger partial charge in [-0.05, 0) is 43.2 Å². The average molecular weight is 396 g/mol. The molecule has 6 heteroatoms. The number of carbonyl (C=O) groups excluding carboxylic acids is 2. The van der Waals surface area contributed by atoms with Gasteiger partial charge in [-0.25, -0.2) is 4.39 Å². The molecule has 4 rings (SSSR count). The molecule has 0 radical (unpaired) electrons. The normalized spacial score (nSPS) is 17.1. The topological polar surface area (TPSA) is 58.6 Å². The van der Waals surface area contributed by atoms with Crippen LogP contribution in [-0.4, -0.2) is 35.9 Å². The van der Waals surface area contributed by atoms with E-state index in [-0.39, 0.29) is 30.3 Å². The van der Waals surface area contributed by atoms with E-state index in [1.165, 1.54) is 6.07 Å². The second-order valence-corrected chi connectivity index (χ2v) is 7.72. The molecule has 29 heavy (non-hydrogen) atoms. The van der Waals surface area contributed by atoms with Crippen LogP contribution < -0.4 is 10.1 Å². The van der Waals surface area contributed by atoms with Crippen LogP contribution in [0.3, 0.4) is 0 Å². The van der Waals surface area contributed by atoms with E-state index in [1.54, 1.807) is 42.5 Å². The molecule has 5 nitrogen and oxygen atoms in total. The Balaban J connectivity index is 1.25. The molecule has 1 saturated heterocycles. The first-order chi connectivity index (χ1) is 14.1. The molecule has 2 aromatic rings. The molecule has 1 aliphatic carbocycles. The van der Waals surface area contributed by atoms with Gasteiger partial charge in [-0.1, -0.05) is 18.2 Å². The molecule has 1 saturated carbocycles. The summed E-state index contributed by atoms with van der Waals surface area (Å²) in [5.74, 6) is 0.689. The Morgan fingerprint density at radius 2 is 1.69 bits per heavy atom. The lowest BCUT2D eigenvalue weighted by Gasteiger charge is -2.32. The lowest BCUT2D eigenvalue weighted by atomic mass is 10.1. The standard InChI is InChI=1S/C23H25FN2O3/c24-21-4-2-1-3-18(21)15-25-22(27)16-7-9-19(10-8-16)29-20-11-13-26(14-12-20)23(28)17-5-6-17/h1-4,7-10,17,20H,5-6,11-15H2,(H,25,27). The number of piperidine rings is 1. The van der Waals surface area contributed by atoms with Gasteiger partial charge in [-0.3, -0.25) is 9.59 Å². The Morgan fingerprint density at radius 1 is 1.00 bits per heavy atom. The number of hydrogen-bond donors (Lipinski definition) is 1. The van der Waals surface area contributed by atoms with Gasteiger partial charge in [-0.15, -0.1) is 0 Å². The van der Waals surface area contributed by atoms with Crippen LogP contribution in [0.5, 0.6) is 5.75 Å². The van der Waals surface area contributed by atoms with E-state index < -0.39 is 0 Å². The number of carbonyl (C=O) groups is 2. The summed E-state index contributed by atoms with van der Waals surface area (Å²) in [6.45, 7) is 1.63. The van der Waals surface area contributed by atoms with E-state index in [0.717, 1.165) is 38.8 Å². The van der Waals surface area contributed by atoms with Gasteiger partial charge in [0.25, 0.3) is 5.91 Å². The van der Waals surface area contributed by atoms with Crippen LogP contribution in [0.25, 0.3) is 0 Å². The van der Waals surface area contributed by atoms with E-state index in [4.69, 9.17) is 4.74 Å². The number of likely N-dealkylation sites (tertiary alicyclic amines) is 1. The van der Waals surface area contributed by atoms with Crippen molar-refractivity contribution < 1.29 is 18.7 Å². The summed E-state index contributed by atoms with van der Waals surface area (Å²) in [6, 6.07) is 13.3. The highest BCUT2D eigenvalue weighted by atomic mass is 19.1. The highest BCUT2D eigenvalue weighted by Gasteiger charge is 2.35. The van der Waals surface area contributed by atoms with Gasteiger partial charge in [0.1, 0.15) is 17.7 Å². The number of hydrogen-bond acceptors (Lipinski definition) is 3. The fraction of sp³-hybridized carbons (Fsp3) is 0.391. The van der Waals surface area contributed by atoms with E-state index in [2.05, 4.69) is 5.32 Å². The summed E-state index contributed by atoms with van der Waals surface area (Å²) in [4.78, 5) is 26.4. The minimum atomic E-state index is -0.332. The van der Waals surface area contributed by atoms with Crippen LogP contribution in [0.4, 0.5) is 4.39 Å². The summed E-state index contributed by atoms with van der Waals surface area (Å²) < 4.78 is 19.7. The summed E-state index contributed by atoms with van der Waals surface area (Å²) >= 11 is 0. The number of halogens is 1. The Bertz CT molecular complexity index is 872. The number of ether oxygens (including phenoxy) is 1. The van der Waals surface area contributed by atoms with Crippen molar-refractivity contribution in [3.05, 3.63) is 65.5 Å². The molecule has 1 aliphatic heterocycles. The molecular formula is C23H25FN2O3. The van der Waals surface area contributed by atoms with Crippen LogP contribution in [0.15, 0.2) is 48.5 Å². The Kier molecular flexibility index (Phi) is 5.79. The largest absolute Gasteiger partial charge is 0.490 e. The van der Waals surface area contributed by atoms with Gasteiger partial charge in [0.2, 0.25) is 5.91 Å². The molecule has 152 valence electrons. The molecule has 1 N–H and O–H groups in total. The van der Waals surface area contributed by atoms with Gasteiger partial charge in [0, 0.05) is 49.5 Å². The number of benzene rings is 2. The van der Waals surface area contributed by atoms with Crippen molar-refractivity contribution in [2.75, 3.05) is 13.1 Å². The molecule has 2 aromatic carbocycles. The van der Waals surface area contributed by atoms with Crippen molar-refractivity contribution in [1.29, 1.82) is 0 Å². The summed E-state index contributed by atoms with van der Waals surface area (Å²) in [5.41, 5.74) is 0.950. The Morgan fingerprint density at radius 3 is 2.34 bits per heavy atom. The van der Waals surface area contributed by atoms with Crippen LogP contribution in [0.1, 0.15) is 41.6 Å². The first-order valence-corrected chi connectivity index (χ1v) is 10.2. The van der Waals surface area contributed by atoms with Crippen LogP contribution in [-0.2, 0) is 11.3 Å². The highest BCUT2D eigenvalue weighted by molar-refractivity contribution is 5.94. The minimum Gasteiger partial charge on any atom is -0.490 e. The molecule has 2 amide bonds. The van der Waals surface area contributed by atoms with Gasteiger partial charge in [-0.2, -0.15) is 0 Å². The highest BCUT2D eigenvalue weighted by Crippen LogP contribution is 2.32. The second-order valence-electron chi connectivity index (χ2n) is 7.72. The van der Waals surface area contributed by atoms with E-state index in [9.17, 15) is 14.0 Å². The predicted molar refractivity (Wildman–Crippen MR) is 107 cm³/mol. The van der Waals surface area contributed by atoms with E-state index >= 15 is 0 Å². The molecule has 0 spiro atoms. The van der Waals surface area contributed by atoms with Crippen molar-refractivity contribution in [3.8, 4) is 5.75 Å². The third-order valence-electron chi connectivity index (χ3n) is 5.50. The first kappa shape index (κ1) is 19.4. The molecule has 0 unspecified atom stereocenters. The smallest absolute Gasteiger partial charge is 0.251 e. The first-order valence-electron chi connectivity index (χ1n) is 10.2. The molecule has 0 aromatic heterocycles. The van der Waals surface area contributed by atoms with E-state index in [1.807, 2.05) is 4.90 Å².